The van der Waals surface area contributed by atoms with Crippen molar-refractivity contribution >= 4 is 18.3 Å². The summed E-state index contributed by atoms with van der Waals surface area (Å²) in [5, 5.41) is 4.76. The van der Waals surface area contributed by atoms with Crippen molar-refractivity contribution in [2.75, 3.05) is 32.7 Å². The predicted molar refractivity (Wildman–Crippen MR) is 118 cm³/mol. The fourth-order valence-corrected chi connectivity index (χ4v) is 3.82. The maximum Gasteiger partial charge on any atom is 0.199 e. The van der Waals surface area contributed by atoms with Crippen LogP contribution in [0.4, 0.5) is 0 Å². The van der Waals surface area contributed by atoms with Gasteiger partial charge in [-0.1, -0.05) is 42.5 Å². The molecule has 0 N–H and O–H groups in total. The van der Waals surface area contributed by atoms with E-state index in [2.05, 4.69) is 46.2 Å². The van der Waals surface area contributed by atoms with Crippen molar-refractivity contribution in [2.45, 2.75) is 13.6 Å². The van der Waals surface area contributed by atoms with Crippen LogP contribution in [0.15, 0.2) is 53.2 Å². The largest absolute Gasteiger partial charge is 0.469 e. The van der Waals surface area contributed by atoms with Gasteiger partial charge >= 0.3 is 0 Å². The fraction of sp³-hybridized carbons (Fsp3) is 0.364. The van der Waals surface area contributed by atoms with Gasteiger partial charge in [-0.05, 0) is 30.8 Å². The molecule has 1 fully saturated rings. The molecule has 3 heterocycles. The van der Waals surface area contributed by atoms with Crippen LogP contribution in [0.1, 0.15) is 11.3 Å². The van der Waals surface area contributed by atoms with Gasteiger partial charge in [-0.15, -0.1) is 0 Å². The van der Waals surface area contributed by atoms with E-state index >= 15 is 0 Å². The summed E-state index contributed by atoms with van der Waals surface area (Å²) in [5.41, 5.74) is 2.24. The lowest BCUT2D eigenvalue weighted by atomic mass is 10.2. The molecule has 7 heteroatoms. The smallest absolute Gasteiger partial charge is 0.199 e. The molecule has 1 aliphatic rings. The second kappa shape index (κ2) is 8.90. The molecule has 0 atom stereocenters. The van der Waals surface area contributed by atoms with Gasteiger partial charge in [-0.3, -0.25) is 9.80 Å². The molecule has 0 saturated carbocycles. The number of rotatable bonds is 6. The molecule has 1 aliphatic heterocycles. The summed E-state index contributed by atoms with van der Waals surface area (Å²) in [4.78, 5) is 4.89. The Hall–Kier alpha value is -2.48. The number of aromatic nitrogens is 3. The van der Waals surface area contributed by atoms with Gasteiger partial charge in [0.1, 0.15) is 5.76 Å². The molecule has 0 radical (unpaired) electrons. The van der Waals surface area contributed by atoms with Crippen LogP contribution in [-0.4, -0.2) is 56.9 Å². The Labute approximate surface area is 176 Å². The number of hydrogen-bond donors (Lipinski definition) is 0. The van der Waals surface area contributed by atoms with Crippen molar-refractivity contribution in [3.8, 4) is 11.4 Å². The van der Waals surface area contributed by atoms with E-state index in [0.717, 1.165) is 61.3 Å². The molecule has 1 saturated heterocycles. The first-order valence-corrected chi connectivity index (χ1v) is 10.4. The van der Waals surface area contributed by atoms with Crippen LogP contribution in [0.3, 0.4) is 0 Å². The lowest BCUT2D eigenvalue weighted by Crippen LogP contribution is -2.46. The van der Waals surface area contributed by atoms with Crippen molar-refractivity contribution in [2.24, 2.45) is 7.05 Å². The molecule has 6 nitrogen and oxygen atoms in total. The molecule has 0 unspecified atom stereocenters. The van der Waals surface area contributed by atoms with Gasteiger partial charge in [0.15, 0.2) is 10.6 Å². The number of benzene rings is 1. The third-order valence-electron chi connectivity index (χ3n) is 5.41. The summed E-state index contributed by atoms with van der Waals surface area (Å²) in [6.07, 6.45) is 6.14. The van der Waals surface area contributed by atoms with Gasteiger partial charge in [0, 0.05) is 39.8 Å². The maximum atomic E-state index is 5.61. The van der Waals surface area contributed by atoms with Crippen molar-refractivity contribution < 1.29 is 4.42 Å². The Balaban J connectivity index is 1.33. The number of piperazine rings is 1. The van der Waals surface area contributed by atoms with Crippen molar-refractivity contribution in [1.82, 2.24) is 24.1 Å². The van der Waals surface area contributed by atoms with Crippen LogP contribution < -0.4 is 0 Å². The van der Waals surface area contributed by atoms with E-state index in [1.165, 1.54) is 5.56 Å². The number of hydrogen-bond acceptors (Lipinski definition) is 5. The predicted octanol–water partition coefficient (Wildman–Crippen LogP) is 3.81. The summed E-state index contributed by atoms with van der Waals surface area (Å²) < 4.78 is 10.0. The molecule has 0 bridgehead atoms. The Bertz CT molecular complexity index is 1030. The van der Waals surface area contributed by atoms with Crippen LogP contribution in [0.2, 0.25) is 0 Å². The summed E-state index contributed by atoms with van der Waals surface area (Å²) in [7, 11) is 1.96. The second-order valence-electron chi connectivity index (χ2n) is 7.43. The van der Waals surface area contributed by atoms with Gasteiger partial charge in [0.25, 0.3) is 0 Å². The zero-order valence-corrected chi connectivity index (χ0v) is 17.8. The lowest BCUT2D eigenvalue weighted by Gasteiger charge is -2.33. The van der Waals surface area contributed by atoms with Gasteiger partial charge in [-0.2, -0.15) is 5.10 Å². The van der Waals surface area contributed by atoms with Crippen molar-refractivity contribution in [1.29, 1.82) is 0 Å². The first-order chi connectivity index (χ1) is 14.1. The number of nitrogens with zero attached hydrogens (tertiary/aromatic N) is 5. The van der Waals surface area contributed by atoms with E-state index in [1.54, 1.807) is 6.26 Å². The standard InChI is InChI=1S/C22H27N5OS/c1-18-20(10-16-28-18)21-23-27(22(29)24(21)2)17-26-14-12-25(13-15-26)11-6-9-19-7-4-3-5-8-19/h3-10,16H,11-15,17H2,1-2H3. The zero-order valence-electron chi connectivity index (χ0n) is 17.0. The normalized spacial score (nSPS) is 16.1. The van der Waals surface area contributed by atoms with Crippen LogP contribution in [0, 0.1) is 11.7 Å². The Morgan fingerprint density at radius 3 is 2.48 bits per heavy atom. The van der Waals surface area contributed by atoms with Gasteiger partial charge < -0.3 is 8.98 Å². The van der Waals surface area contributed by atoms with Crippen LogP contribution in [0.25, 0.3) is 17.5 Å². The minimum absolute atomic E-state index is 0.720. The molecular formula is C22H27N5OS. The molecule has 0 amide bonds. The molecular weight excluding hydrogens is 382 g/mol. The van der Waals surface area contributed by atoms with Gasteiger partial charge in [0.2, 0.25) is 0 Å². The molecule has 152 valence electrons. The van der Waals surface area contributed by atoms with Crippen molar-refractivity contribution in [3.63, 3.8) is 0 Å². The molecule has 4 rings (SSSR count). The molecule has 3 aromatic rings. The van der Waals surface area contributed by atoms with E-state index in [4.69, 9.17) is 21.7 Å². The molecule has 0 spiro atoms. The van der Waals surface area contributed by atoms with Crippen molar-refractivity contribution in [3.05, 3.63) is 64.8 Å². The third-order valence-corrected chi connectivity index (χ3v) is 5.90. The SMILES string of the molecule is Cc1occc1-c1nn(CN2CCN(CC=Cc3ccccc3)CC2)c(=S)n1C. The van der Waals surface area contributed by atoms with E-state index < -0.39 is 0 Å². The molecule has 1 aromatic carbocycles. The highest BCUT2D eigenvalue weighted by atomic mass is 32.1. The number of aryl methyl sites for hydroxylation is 1. The summed E-state index contributed by atoms with van der Waals surface area (Å²) in [6.45, 7) is 7.77. The zero-order chi connectivity index (χ0) is 20.2. The maximum absolute atomic E-state index is 5.61. The Kier molecular flexibility index (Phi) is 6.08. The fourth-order valence-electron chi connectivity index (χ4n) is 3.64. The first-order valence-electron chi connectivity index (χ1n) is 9.96. The summed E-state index contributed by atoms with van der Waals surface area (Å²) in [6, 6.07) is 12.4. The summed E-state index contributed by atoms with van der Waals surface area (Å²) in [5.74, 6) is 1.71. The highest BCUT2D eigenvalue weighted by molar-refractivity contribution is 7.71. The highest BCUT2D eigenvalue weighted by Crippen LogP contribution is 2.22. The number of furan rings is 1. The van der Waals surface area contributed by atoms with Crippen LogP contribution in [0.5, 0.6) is 0 Å². The molecule has 29 heavy (non-hydrogen) atoms. The lowest BCUT2D eigenvalue weighted by molar-refractivity contribution is 0.110. The van der Waals surface area contributed by atoms with E-state index in [9.17, 15) is 0 Å². The topological polar surface area (TPSA) is 42.4 Å². The quantitative estimate of drug-likeness (QED) is 0.579. The monoisotopic (exact) mass is 409 g/mol. The van der Waals surface area contributed by atoms with Gasteiger partial charge in [0.05, 0.1) is 18.5 Å². The average molecular weight is 410 g/mol. The van der Waals surface area contributed by atoms with Crippen LogP contribution in [-0.2, 0) is 13.7 Å². The van der Waals surface area contributed by atoms with Crippen LogP contribution >= 0.6 is 12.2 Å². The highest BCUT2D eigenvalue weighted by Gasteiger charge is 2.19. The second-order valence-corrected chi connectivity index (χ2v) is 7.79. The van der Waals surface area contributed by atoms with E-state index in [1.807, 2.05) is 35.4 Å². The Morgan fingerprint density at radius 2 is 1.79 bits per heavy atom. The third kappa shape index (κ3) is 4.58. The van der Waals surface area contributed by atoms with Gasteiger partial charge in [-0.25, -0.2) is 4.68 Å². The Morgan fingerprint density at radius 1 is 1.07 bits per heavy atom. The first kappa shape index (κ1) is 19.8. The molecule has 2 aromatic heterocycles. The minimum atomic E-state index is 0.720. The minimum Gasteiger partial charge on any atom is -0.469 e. The summed E-state index contributed by atoms with van der Waals surface area (Å²) >= 11 is 5.61. The average Bonchev–Trinajstić information content (AvgIpc) is 3.28. The van der Waals surface area contributed by atoms with E-state index in [0.29, 0.717) is 0 Å². The molecule has 0 aliphatic carbocycles. The van der Waals surface area contributed by atoms with E-state index in [-0.39, 0.29) is 0 Å².